The Morgan fingerprint density at radius 1 is 0.878 bits per heavy atom. The highest BCUT2D eigenvalue weighted by molar-refractivity contribution is 6.33. The third kappa shape index (κ3) is 5.78. The van der Waals surface area contributed by atoms with E-state index in [-0.39, 0.29) is 25.5 Å². The van der Waals surface area contributed by atoms with E-state index in [4.69, 9.17) is 21.4 Å². The molecule has 1 aliphatic rings. The average Bonchev–Trinajstić information content (AvgIpc) is 3.50. The Hall–Kier alpha value is -5.95. The van der Waals surface area contributed by atoms with E-state index >= 15 is 0 Å². The highest BCUT2D eigenvalue weighted by Gasteiger charge is 2.41. The molecule has 0 spiro atoms. The van der Waals surface area contributed by atoms with Crippen molar-refractivity contribution in [3.63, 3.8) is 0 Å². The second-order valence-corrected chi connectivity index (χ2v) is 12.1. The first-order valence-corrected chi connectivity index (χ1v) is 16.1. The van der Waals surface area contributed by atoms with Crippen LogP contribution in [0.1, 0.15) is 22.3 Å². The number of benzene rings is 5. The number of halogens is 1. The van der Waals surface area contributed by atoms with Gasteiger partial charge in [0.2, 0.25) is 0 Å². The Bertz CT molecular complexity index is 2100. The van der Waals surface area contributed by atoms with Crippen LogP contribution in [0.15, 0.2) is 127 Å². The molecule has 1 fully saturated rings. The number of hydrogen-bond acceptors (Lipinski definition) is 5. The fraction of sp³-hybridized carbons (Fsp3) is 0.128. The van der Waals surface area contributed by atoms with E-state index in [0.717, 1.165) is 27.2 Å². The Balaban J connectivity index is 1.49. The molecular weight excluding hydrogens is 638 g/mol. The smallest absolute Gasteiger partial charge is 0.407 e. The SMILES string of the molecule is N#Cc1ccc(Cl)c(-c2ccc3c(c2)c(NC(=O)[C@H]2CN(C(=O)O)CCO2)nn3C(c2ccccc2)(c2ccccc2)c2ccccc2)c1. The van der Waals surface area contributed by atoms with Gasteiger partial charge in [0.15, 0.2) is 11.9 Å². The monoisotopic (exact) mass is 667 g/mol. The van der Waals surface area contributed by atoms with Crippen LogP contribution >= 0.6 is 11.6 Å². The quantitative estimate of drug-likeness (QED) is 0.171. The molecule has 10 heteroatoms. The molecule has 2 amide bonds. The summed E-state index contributed by atoms with van der Waals surface area (Å²) >= 11 is 6.65. The number of fused-ring (bicyclic) bond motifs is 1. The van der Waals surface area contributed by atoms with Gasteiger partial charge < -0.3 is 20.1 Å². The Labute approximate surface area is 287 Å². The lowest BCUT2D eigenvalue weighted by molar-refractivity contribution is -0.131. The number of carbonyl (C=O) groups is 2. The number of nitrogens with zero attached hydrogens (tertiary/aromatic N) is 4. The minimum absolute atomic E-state index is 0.0938. The van der Waals surface area contributed by atoms with E-state index in [1.54, 1.807) is 18.2 Å². The van der Waals surface area contributed by atoms with Crippen LogP contribution in [0, 0.1) is 11.3 Å². The van der Waals surface area contributed by atoms with Gasteiger partial charge in [0.25, 0.3) is 5.91 Å². The van der Waals surface area contributed by atoms with Crippen LogP contribution in [0.5, 0.6) is 0 Å². The van der Waals surface area contributed by atoms with E-state index in [1.165, 1.54) is 0 Å². The predicted molar refractivity (Wildman–Crippen MR) is 187 cm³/mol. The van der Waals surface area contributed by atoms with Crippen molar-refractivity contribution in [3.05, 3.63) is 155 Å². The molecule has 1 atom stereocenters. The largest absolute Gasteiger partial charge is 0.465 e. The topological polar surface area (TPSA) is 120 Å². The first kappa shape index (κ1) is 31.6. The summed E-state index contributed by atoms with van der Waals surface area (Å²) in [5.74, 6) is -0.255. The summed E-state index contributed by atoms with van der Waals surface area (Å²) in [5.41, 5.74) is 4.37. The molecule has 0 radical (unpaired) electrons. The van der Waals surface area contributed by atoms with Gasteiger partial charge in [-0.25, -0.2) is 9.48 Å². The fourth-order valence-electron chi connectivity index (χ4n) is 6.53. The molecule has 7 rings (SSSR count). The molecule has 5 aromatic carbocycles. The van der Waals surface area contributed by atoms with Crippen LogP contribution in [-0.2, 0) is 15.1 Å². The first-order chi connectivity index (χ1) is 23.9. The Morgan fingerprint density at radius 2 is 1.49 bits per heavy atom. The molecular formula is C39H30ClN5O4. The molecule has 0 unspecified atom stereocenters. The summed E-state index contributed by atoms with van der Waals surface area (Å²) in [6.45, 7) is 0.163. The number of morpholine rings is 1. The molecule has 2 N–H and O–H groups in total. The van der Waals surface area contributed by atoms with Crippen molar-refractivity contribution < 1.29 is 19.4 Å². The molecule has 1 aliphatic heterocycles. The molecule has 1 saturated heterocycles. The number of hydrogen-bond donors (Lipinski definition) is 2. The van der Waals surface area contributed by atoms with E-state index in [9.17, 15) is 20.0 Å². The molecule has 0 aliphatic carbocycles. The van der Waals surface area contributed by atoms with Crippen molar-refractivity contribution in [2.75, 3.05) is 25.0 Å². The summed E-state index contributed by atoms with van der Waals surface area (Å²) in [6.07, 6.45) is -2.15. The fourth-order valence-corrected chi connectivity index (χ4v) is 6.76. The van der Waals surface area contributed by atoms with Crippen molar-refractivity contribution >= 4 is 40.3 Å². The molecule has 2 heterocycles. The summed E-state index contributed by atoms with van der Waals surface area (Å²) in [6, 6.07) is 43.2. The predicted octanol–water partition coefficient (Wildman–Crippen LogP) is 7.39. The molecule has 1 aromatic heterocycles. The van der Waals surface area contributed by atoms with E-state index in [2.05, 4.69) is 47.8 Å². The van der Waals surface area contributed by atoms with Gasteiger partial charge >= 0.3 is 6.09 Å². The second kappa shape index (κ2) is 13.3. The van der Waals surface area contributed by atoms with Crippen LogP contribution in [0.4, 0.5) is 10.6 Å². The second-order valence-electron chi connectivity index (χ2n) is 11.7. The molecule has 49 heavy (non-hydrogen) atoms. The van der Waals surface area contributed by atoms with Crippen molar-refractivity contribution in [3.8, 4) is 17.2 Å². The molecule has 6 aromatic rings. The maximum atomic E-state index is 13.8. The maximum Gasteiger partial charge on any atom is 0.407 e. The highest BCUT2D eigenvalue weighted by atomic mass is 35.5. The van der Waals surface area contributed by atoms with Gasteiger partial charge in [-0.2, -0.15) is 10.4 Å². The average molecular weight is 668 g/mol. The van der Waals surface area contributed by atoms with Crippen LogP contribution in [0.25, 0.3) is 22.0 Å². The van der Waals surface area contributed by atoms with Gasteiger partial charge in [0, 0.05) is 22.5 Å². The van der Waals surface area contributed by atoms with Gasteiger partial charge in [0.05, 0.1) is 30.3 Å². The number of amides is 2. The van der Waals surface area contributed by atoms with Gasteiger partial charge in [-0.3, -0.25) is 4.79 Å². The third-order valence-electron chi connectivity index (χ3n) is 8.85. The van der Waals surface area contributed by atoms with Crippen LogP contribution in [0.3, 0.4) is 0 Å². The Morgan fingerprint density at radius 3 is 2.06 bits per heavy atom. The number of nitrogens with one attached hydrogen (secondary N) is 1. The van der Waals surface area contributed by atoms with Gasteiger partial charge in [0.1, 0.15) is 5.54 Å². The molecule has 242 valence electrons. The minimum Gasteiger partial charge on any atom is -0.465 e. The van der Waals surface area contributed by atoms with E-state index in [0.29, 0.717) is 27.1 Å². The zero-order valence-electron chi connectivity index (χ0n) is 26.2. The molecule has 0 bridgehead atoms. The van der Waals surface area contributed by atoms with E-state index < -0.39 is 23.6 Å². The lowest BCUT2D eigenvalue weighted by Crippen LogP contribution is -2.49. The number of ether oxygens (including phenoxy) is 1. The number of rotatable bonds is 7. The van der Waals surface area contributed by atoms with Crippen LogP contribution < -0.4 is 5.32 Å². The number of nitriles is 1. The summed E-state index contributed by atoms with van der Waals surface area (Å²) < 4.78 is 7.65. The first-order valence-electron chi connectivity index (χ1n) is 15.7. The number of carboxylic acid groups (broad SMARTS) is 1. The lowest BCUT2D eigenvalue weighted by atomic mass is 9.77. The summed E-state index contributed by atoms with van der Waals surface area (Å²) in [4.78, 5) is 26.7. The molecule has 9 nitrogen and oxygen atoms in total. The van der Waals surface area contributed by atoms with Crippen molar-refractivity contribution in [1.82, 2.24) is 14.7 Å². The minimum atomic E-state index is -1.12. The number of carbonyl (C=O) groups excluding carboxylic acids is 1. The summed E-state index contributed by atoms with van der Waals surface area (Å²) in [7, 11) is 0. The maximum absolute atomic E-state index is 13.8. The lowest BCUT2D eigenvalue weighted by Gasteiger charge is -2.37. The van der Waals surface area contributed by atoms with Crippen molar-refractivity contribution in [1.29, 1.82) is 5.26 Å². The third-order valence-corrected chi connectivity index (χ3v) is 9.18. The standard InChI is InChI=1S/C39H30ClN5O4/c40-33-18-16-26(24-41)22-31(33)27-17-19-34-32(23-27)36(42-37(46)35-25-44(38(47)48)20-21-49-35)43-45(34)39(28-10-4-1-5-11-28,29-12-6-2-7-13-29)30-14-8-3-9-15-30/h1-19,22-23,35H,20-21,25H2,(H,47,48)(H,42,43,46)/t35-/m1/s1. The molecule has 0 saturated carbocycles. The zero-order chi connectivity index (χ0) is 34.0. The normalized spacial score (nSPS) is 14.7. The van der Waals surface area contributed by atoms with Gasteiger partial charge in [-0.05, 0) is 52.6 Å². The highest BCUT2D eigenvalue weighted by Crippen LogP contribution is 2.44. The number of anilines is 1. The van der Waals surface area contributed by atoms with Crippen LogP contribution in [0.2, 0.25) is 5.02 Å². The van der Waals surface area contributed by atoms with Gasteiger partial charge in [-0.1, -0.05) is 109 Å². The number of aromatic nitrogens is 2. The van der Waals surface area contributed by atoms with Gasteiger partial charge in [-0.15, -0.1) is 0 Å². The Kier molecular flexibility index (Phi) is 8.57. The van der Waals surface area contributed by atoms with E-state index in [1.807, 2.05) is 77.5 Å². The summed E-state index contributed by atoms with van der Waals surface area (Å²) in [5, 5.41) is 28.4. The van der Waals surface area contributed by atoms with Crippen molar-refractivity contribution in [2.24, 2.45) is 0 Å². The van der Waals surface area contributed by atoms with Crippen LogP contribution in [-0.4, -0.2) is 57.6 Å². The zero-order valence-corrected chi connectivity index (χ0v) is 26.9. The van der Waals surface area contributed by atoms with Crippen molar-refractivity contribution in [2.45, 2.75) is 11.6 Å².